The molecular formula is C13H7Cl5. The van der Waals surface area contributed by atoms with Gasteiger partial charge in [-0.25, -0.2) is 0 Å². The molecule has 0 amide bonds. The molecule has 0 bridgehead atoms. The average Bonchev–Trinajstić information content (AvgIpc) is 2.35. The van der Waals surface area contributed by atoms with Crippen LogP contribution in [0.2, 0.25) is 20.1 Å². The molecule has 2 aromatic carbocycles. The van der Waals surface area contributed by atoms with E-state index in [1.165, 1.54) is 0 Å². The lowest BCUT2D eigenvalue weighted by atomic mass is 10.0. The first kappa shape index (κ1) is 14.3. The Morgan fingerprint density at radius 3 is 1.33 bits per heavy atom. The molecular weight excluding hydrogens is 333 g/mol. The van der Waals surface area contributed by atoms with Crippen molar-refractivity contribution < 1.29 is 0 Å². The van der Waals surface area contributed by atoms with Gasteiger partial charge in [0.2, 0.25) is 0 Å². The maximum atomic E-state index is 6.38. The number of hydrogen-bond acceptors (Lipinski definition) is 0. The van der Waals surface area contributed by atoms with Gasteiger partial charge in [-0.1, -0.05) is 58.5 Å². The molecule has 18 heavy (non-hydrogen) atoms. The molecule has 2 rings (SSSR count). The zero-order valence-corrected chi connectivity index (χ0v) is 12.7. The summed E-state index contributed by atoms with van der Waals surface area (Å²) in [5, 5.41) is 1.59. The van der Waals surface area contributed by atoms with Crippen molar-refractivity contribution in [1.29, 1.82) is 0 Å². The topological polar surface area (TPSA) is 0 Å². The molecule has 0 aliphatic carbocycles. The Labute approximate surface area is 130 Å². The summed E-state index contributed by atoms with van der Waals surface area (Å²) in [7, 11) is 0. The van der Waals surface area contributed by atoms with Crippen LogP contribution in [0.1, 0.15) is 16.5 Å². The third-order valence-electron chi connectivity index (χ3n) is 2.47. The van der Waals surface area contributed by atoms with Gasteiger partial charge in [-0.2, -0.15) is 0 Å². The highest BCUT2D eigenvalue weighted by Gasteiger charge is 2.13. The molecule has 0 N–H and O–H groups in total. The molecule has 5 heteroatoms. The molecule has 0 radical (unpaired) electrons. The van der Waals surface area contributed by atoms with Gasteiger partial charge in [-0.3, -0.25) is 0 Å². The van der Waals surface area contributed by atoms with Crippen molar-refractivity contribution in [2.45, 2.75) is 5.38 Å². The summed E-state index contributed by atoms with van der Waals surface area (Å²) in [5.41, 5.74) is 1.70. The van der Waals surface area contributed by atoms with E-state index in [0.717, 1.165) is 11.1 Å². The van der Waals surface area contributed by atoms with E-state index in [2.05, 4.69) is 0 Å². The quantitative estimate of drug-likeness (QED) is 0.538. The maximum absolute atomic E-state index is 6.38. The Morgan fingerprint density at radius 2 is 1.00 bits per heavy atom. The molecule has 0 saturated heterocycles. The van der Waals surface area contributed by atoms with Crippen LogP contribution < -0.4 is 0 Å². The molecule has 0 nitrogen and oxygen atoms in total. The molecule has 0 spiro atoms. The first-order chi connectivity index (χ1) is 8.49. The van der Waals surface area contributed by atoms with E-state index < -0.39 is 0 Å². The summed E-state index contributed by atoms with van der Waals surface area (Å²) >= 11 is 30.0. The monoisotopic (exact) mass is 338 g/mol. The van der Waals surface area contributed by atoms with Crippen LogP contribution in [0.3, 0.4) is 0 Å². The lowest BCUT2D eigenvalue weighted by Crippen LogP contribution is -1.93. The minimum atomic E-state index is -0.352. The second-order valence-electron chi connectivity index (χ2n) is 3.71. The highest BCUT2D eigenvalue weighted by molar-refractivity contribution is 6.42. The smallest absolute Gasteiger partial charge is 0.0836 e. The van der Waals surface area contributed by atoms with Crippen molar-refractivity contribution in [3.8, 4) is 0 Å². The average molecular weight is 340 g/mol. The fourth-order valence-corrected chi connectivity index (χ4v) is 2.42. The van der Waals surface area contributed by atoms with Gasteiger partial charge >= 0.3 is 0 Å². The van der Waals surface area contributed by atoms with Crippen molar-refractivity contribution in [2.24, 2.45) is 0 Å². The van der Waals surface area contributed by atoms with E-state index in [0.29, 0.717) is 20.1 Å². The van der Waals surface area contributed by atoms with Gasteiger partial charge in [0.15, 0.2) is 0 Å². The Bertz CT molecular complexity index is 528. The third-order valence-corrected chi connectivity index (χ3v) is 4.45. The predicted molar refractivity (Wildman–Crippen MR) is 80.6 cm³/mol. The molecule has 0 fully saturated rings. The minimum Gasteiger partial charge on any atom is -0.113 e. The highest BCUT2D eigenvalue weighted by atomic mass is 35.5. The number of rotatable bonds is 2. The summed E-state index contributed by atoms with van der Waals surface area (Å²) in [5.74, 6) is 0. The lowest BCUT2D eigenvalue weighted by Gasteiger charge is -2.12. The molecule has 0 aliphatic rings. The zero-order chi connectivity index (χ0) is 13.3. The van der Waals surface area contributed by atoms with Crippen molar-refractivity contribution in [2.75, 3.05) is 0 Å². The Balaban J connectivity index is 2.37. The molecule has 0 saturated carbocycles. The fraction of sp³-hybridized carbons (Fsp3) is 0.0769. The van der Waals surface area contributed by atoms with E-state index in [1.807, 2.05) is 12.1 Å². The Kier molecular flexibility index (Phi) is 4.69. The highest BCUT2D eigenvalue weighted by Crippen LogP contribution is 2.35. The van der Waals surface area contributed by atoms with E-state index in [4.69, 9.17) is 58.0 Å². The van der Waals surface area contributed by atoms with Crippen LogP contribution >= 0.6 is 58.0 Å². The van der Waals surface area contributed by atoms with Crippen LogP contribution in [-0.4, -0.2) is 0 Å². The molecule has 0 aromatic heterocycles. The van der Waals surface area contributed by atoms with Gasteiger partial charge in [-0.15, -0.1) is 11.6 Å². The Morgan fingerprint density at radius 1 is 0.611 bits per heavy atom. The van der Waals surface area contributed by atoms with Crippen LogP contribution in [0, 0.1) is 0 Å². The van der Waals surface area contributed by atoms with Crippen molar-refractivity contribution in [3.63, 3.8) is 0 Å². The van der Waals surface area contributed by atoms with Gasteiger partial charge in [0.1, 0.15) is 0 Å². The van der Waals surface area contributed by atoms with Crippen molar-refractivity contribution >= 4 is 58.0 Å². The predicted octanol–water partition coefficient (Wildman–Crippen LogP) is 6.63. The van der Waals surface area contributed by atoms with Crippen LogP contribution in [0.25, 0.3) is 0 Å². The molecule has 94 valence electrons. The molecule has 0 heterocycles. The SMILES string of the molecule is Clc1ccc(C(Cl)c2ccc(Cl)c(Cl)c2)cc1Cl. The van der Waals surface area contributed by atoms with Crippen LogP contribution in [0.5, 0.6) is 0 Å². The first-order valence-corrected chi connectivity index (χ1v) is 6.98. The van der Waals surface area contributed by atoms with Crippen LogP contribution in [-0.2, 0) is 0 Å². The van der Waals surface area contributed by atoms with E-state index in [-0.39, 0.29) is 5.38 Å². The third kappa shape index (κ3) is 3.07. The van der Waals surface area contributed by atoms with E-state index >= 15 is 0 Å². The summed E-state index contributed by atoms with van der Waals surface area (Å²) in [6, 6.07) is 10.6. The number of hydrogen-bond donors (Lipinski definition) is 0. The van der Waals surface area contributed by atoms with Crippen LogP contribution in [0.15, 0.2) is 36.4 Å². The van der Waals surface area contributed by atoms with Crippen molar-refractivity contribution in [1.82, 2.24) is 0 Å². The van der Waals surface area contributed by atoms with Crippen molar-refractivity contribution in [3.05, 3.63) is 67.6 Å². The molecule has 0 atom stereocenters. The van der Waals surface area contributed by atoms with Gasteiger partial charge < -0.3 is 0 Å². The zero-order valence-electron chi connectivity index (χ0n) is 8.93. The largest absolute Gasteiger partial charge is 0.113 e. The lowest BCUT2D eigenvalue weighted by molar-refractivity contribution is 1.14. The summed E-state index contributed by atoms with van der Waals surface area (Å²) in [4.78, 5) is 0. The maximum Gasteiger partial charge on any atom is 0.0836 e. The first-order valence-electron chi connectivity index (χ1n) is 5.03. The van der Waals surface area contributed by atoms with Gasteiger partial charge in [0.25, 0.3) is 0 Å². The second kappa shape index (κ2) is 5.90. The summed E-state index contributed by atoms with van der Waals surface area (Å²) in [6.45, 7) is 0. The van der Waals surface area contributed by atoms with E-state index in [1.54, 1.807) is 24.3 Å². The fourth-order valence-electron chi connectivity index (χ4n) is 1.53. The number of alkyl halides is 1. The molecule has 0 aliphatic heterocycles. The minimum absolute atomic E-state index is 0.352. The van der Waals surface area contributed by atoms with Gasteiger partial charge in [0, 0.05) is 0 Å². The van der Waals surface area contributed by atoms with Gasteiger partial charge in [0.05, 0.1) is 25.5 Å². The van der Waals surface area contributed by atoms with Gasteiger partial charge in [-0.05, 0) is 35.4 Å². The normalized spacial score (nSPS) is 11.0. The number of benzene rings is 2. The van der Waals surface area contributed by atoms with E-state index in [9.17, 15) is 0 Å². The summed E-state index contributed by atoms with van der Waals surface area (Å²) in [6.07, 6.45) is 0. The number of halogens is 5. The second-order valence-corrected chi connectivity index (χ2v) is 5.77. The molecule has 2 aromatic rings. The standard InChI is InChI=1S/C13H7Cl5/c14-9-3-1-7(5-11(9)16)13(18)8-2-4-10(15)12(17)6-8/h1-6,13H. The summed E-state index contributed by atoms with van der Waals surface area (Å²) < 4.78 is 0. The Hall–Kier alpha value is -0.110. The van der Waals surface area contributed by atoms with Crippen LogP contribution in [0.4, 0.5) is 0 Å². The molecule has 0 unspecified atom stereocenters.